The van der Waals surface area contributed by atoms with Crippen LogP contribution in [-0.2, 0) is 5.41 Å². The Kier molecular flexibility index (Phi) is 7.18. The predicted octanol–water partition coefficient (Wildman–Crippen LogP) is 12.3. The number of rotatable bonds is 6. The number of para-hydroxylation sites is 1. The lowest BCUT2D eigenvalue weighted by atomic mass is 9.82. The third-order valence-electron chi connectivity index (χ3n) is 9.74. The summed E-state index contributed by atoms with van der Waals surface area (Å²) >= 11 is 0. The van der Waals surface area contributed by atoms with Crippen LogP contribution in [-0.4, -0.2) is 0 Å². The smallest absolute Gasteiger partial charge is 0.0540 e. The van der Waals surface area contributed by atoms with Gasteiger partial charge < -0.3 is 4.90 Å². The molecular weight excluding hydrogens is 530 g/mol. The summed E-state index contributed by atoms with van der Waals surface area (Å²) in [6.07, 6.45) is 9.11. The Morgan fingerprint density at radius 1 is 0.568 bits per heavy atom. The van der Waals surface area contributed by atoms with Crippen LogP contribution in [0.3, 0.4) is 0 Å². The summed E-state index contributed by atoms with van der Waals surface area (Å²) in [7, 11) is 0. The molecule has 2 aliphatic rings. The lowest BCUT2D eigenvalue weighted by molar-refractivity contribution is 0.639. The topological polar surface area (TPSA) is 3.24 Å². The zero-order valence-corrected chi connectivity index (χ0v) is 26.1. The van der Waals surface area contributed by atoms with E-state index in [0.29, 0.717) is 0 Å². The number of fused-ring (bicyclic) bond motifs is 1. The van der Waals surface area contributed by atoms with Crippen LogP contribution in [0.5, 0.6) is 0 Å². The third kappa shape index (κ3) is 4.83. The molecule has 216 valence electrons. The summed E-state index contributed by atoms with van der Waals surface area (Å²) in [4.78, 5) is 2.45. The van der Waals surface area contributed by atoms with Gasteiger partial charge in [-0.05, 0) is 102 Å². The Morgan fingerprint density at radius 3 is 1.95 bits per heavy atom. The van der Waals surface area contributed by atoms with Gasteiger partial charge in [0, 0.05) is 22.4 Å². The Balaban J connectivity index is 1.42. The van der Waals surface area contributed by atoms with E-state index >= 15 is 0 Å². The highest BCUT2D eigenvalue weighted by atomic mass is 15.1. The minimum atomic E-state index is -0.00975. The molecule has 0 aromatic heterocycles. The van der Waals surface area contributed by atoms with Gasteiger partial charge in [-0.15, -0.1) is 0 Å². The highest BCUT2D eigenvalue weighted by Gasteiger charge is 2.34. The van der Waals surface area contributed by atoms with E-state index < -0.39 is 0 Å². The molecule has 1 nitrogen and oxygen atoms in total. The molecule has 7 rings (SSSR count). The second-order valence-electron chi connectivity index (χ2n) is 12.6. The molecule has 0 N–H and O–H groups in total. The zero-order chi connectivity index (χ0) is 30.3. The van der Waals surface area contributed by atoms with E-state index in [1.165, 1.54) is 61.4 Å². The second-order valence-corrected chi connectivity index (χ2v) is 12.6. The van der Waals surface area contributed by atoms with Crippen molar-refractivity contribution in [3.63, 3.8) is 0 Å². The molecule has 2 aliphatic carbocycles. The first-order valence-corrected chi connectivity index (χ1v) is 15.8. The molecule has 0 radical (unpaired) electrons. The number of nitrogens with zero attached hydrogens (tertiary/aromatic N) is 1. The van der Waals surface area contributed by atoms with Crippen molar-refractivity contribution >= 4 is 28.2 Å². The van der Waals surface area contributed by atoms with Gasteiger partial charge in [-0.2, -0.15) is 0 Å². The van der Waals surface area contributed by atoms with E-state index in [2.05, 4.69) is 172 Å². The molecule has 0 saturated carbocycles. The van der Waals surface area contributed by atoms with Gasteiger partial charge in [0.2, 0.25) is 0 Å². The fourth-order valence-corrected chi connectivity index (χ4v) is 6.93. The van der Waals surface area contributed by atoms with E-state index in [-0.39, 0.29) is 5.41 Å². The lowest BCUT2D eigenvalue weighted by Crippen LogP contribution is -2.17. The third-order valence-corrected chi connectivity index (χ3v) is 9.74. The molecule has 0 saturated heterocycles. The molecule has 0 heterocycles. The van der Waals surface area contributed by atoms with Gasteiger partial charge in [0.1, 0.15) is 0 Å². The average molecular weight is 570 g/mol. The average Bonchev–Trinajstić information content (AvgIpc) is 3.25. The van der Waals surface area contributed by atoms with Gasteiger partial charge in [-0.25, -0.2) is 0 Å². The van der Waals surface area contributed by atoms with E-state index in [4.69, 9.17) is 0 Å². The van der Waals surface area contributed by atoms with Gasteiger partial charge in [0.25, 0.3) is 0 Å². The Hall–Kier alpha value is -4.88. The van der Waals surface area contributed by atoms with Crippen molar-refractivity contribution < 1.29 is 0 Å². The molecule has 0 spiro atoms. The Bertz CT molecular complexity index is 1930. The monoisotopic (exact) mass is 569 g/mol. The van der Waals surface area contributed by atoms with Crippen molar-refractivity contribution in [3.05, 3.63) is 162 Å². The van der Waals surface area contributed by atoms with Crippen molar-refractivity contribution in [2.45, 2.75) is 46.0 Å². The van der Waals surface area contributed by atoms with Crippen LogP contribution in [0.15, 0.2) is 145 Å². The maximum absolute atomic E-state index is 2.45. The number of hydrogen-bond acceptors (Lipinski definition) is 1. The fraction of sp³-hybridized carbons (Fsp3) is 0.163. The molecule has 44 heavy (non-hydrogen) atoms. The highest BCUT2D eigenvalue weighted by Crippen LogP contribution is 2.49. The van der Waals surface area contributed by atoms with Crippen LogP contribution in [0.1, 0.15) is 57.2 Å². The highest BCUT2D eigenvalue weighted by molar-refractivity contribution is 5.94. The quantitative estimate of drug-likeness (QED) is 0.197. The summed E-state index contributed by atoms with van der Waals surface area (Å²) in [6.45, 7) is 9.27. The van der Waals surface area contributed by atoms with Crippen LogP contribution in [0.2, 0.25) is 0 Å². The second kappa shape index (κ2) is 11.3. The van der Waals surface area contributed by atoms with Crippen molar-refractivity contribution in [2.24, 2.45) is 0 Å². The molecule has 5 aromatic carbocycles. The Morgan fingerprint density at radius 2 is 1.23 bits per heavy atom. The van der Waals surface area contributed by atoms with E-state index in [0.717, 1.165) is 24.2 Å². The van der Waals surface area contributed by atoms with Crippen molar-refractivity contribution in [1.82, 2.24) is 0 Å². The summed E-state index contributed by atoms with van der Waals surface area (Å²) < 4.78 is 0. The molecular formula is C43H39N. The SMILES string of the molecule is CC1=C(C)C(C)(C)c2cc(N(c3ccc(C4=CCCC=C4)cc3)c3ccccc3-c3ccccc3-c3ccccc3)ccc21. The van der Waals surface area contributed by atoms with Crippen LogP contribution < -0.4 is 4.90 Å². The molecule has 0 atom stereocenters. The first-order chi connectivity index (χ1) is 21.4. The molecule has 0 fully saturated rings. The molecule has 1 heteroatoms. The number of allylic oxidation sites excluding steroid dienone is 6. The van der Waals surface area contributed by atoms with E-state index in [1.807, 2.05) is 0 Å². The first-order valence-electron chi connectivity index (χ1n) is 15.8. The van der Waals surface area contributed by atoms with Gasteiger partial charge >= 0.3 is 0 Å². The standard InChI is InChI=1S/C43H39N/c1-30-31(2)43(3,4)41-29-36(27-28-37(30)41)44(35-25-23-33(24-26-35)32-15-7-5-8-16-32)42-22-14-13-21-40(42)39-20-12-11-19-38(39)34-17-9-6-10-18-34/h6-7,9-29H,5,8H2,1-4H3. The summed E-state index contributed by atoms with van der Waals surface area (Å²) in [5.74, 6) is 0. The maximum atomic E-state index is 2.45. The fourth-order valence-electron chi connectivity index (χ4n) is 6.93. The lowest BCUT2D eigenvalue weighted by Gasteiger charge is -2.30. The van der Waals surface area contributed by atoms with Gasteiger partial charge in [-0.1, -0.05) is 129 Å². The van der Waals surface area contributed by atoms with Crippen molar-refractivity contribution in [2.75, 3.05) is 4.90 Å². The zero-order valence-electron chi connectivity index (χ0n) is 26.1. The van der Waals surface area contributed by atoms with Crippen LogP contribution in [0, 0.1) is 0 Å². The minimum Gasteiger partial charge on any atom is -0.310 e. The molecule has 0 bridgehead atoms. The minimum absolute atomic E-state index is 0.00975. The number of hydrogen-bond donors (Lipinski definition) is 0. The molecule has 0 unspecified atom stereocenters. The number of benzene rings is 5. The van der Waals surface area contributed by atoms with Crippen LogP contribution >= 0.6 is 0 Å². The molecule has 0 amide bonds. The maximum Gasteiger partial charge on any atom is 0.0540 e. The van der Waals surface area contributed by atoms with Crippen molar-refractivity contribution in [1.29, 1.82) is 0 Å². The normalized spacial score (nSPS) is 15.2. The Labute approximate surface area is 262 Å². The van der Waals surface area contributed by atoms with E-state index in [1.54, 1.807) is 0 Å². The predicted molar refractivity (Wildman–Crippen MR) is 190 cm³/mol. The van der Waals surface area contributed by atoms with Crippen molar-refractivity contribution in [3.8, 4) is 22.3 Å². The van der Waals surface area contributed by atoms with Gasteiger partial charge in [0.05, 0.1) is 5.69 Å². The van der Waals surface area contributed by atoms with Crippen LogP contribution in [0.25, 0.3) is 33.4 Å². The largest absolute Gasteiger partial charge is 0.310 e. The van der Waals surface area contributed by atoms with E-state index in [9.17, 15) is 0 Å². The summed E-state index contributed by atoms with van der Waals surface area (Å²) in [5, 5.41) is 0. The summed E-state index contributed by atoms with van der Waals surface area (Å²) in [5.41, 5.74) is 16.5. The van der Waals surface area contributed by atoms with Gasteiger partial charge in [0.15, 0.2) is 0 Å². The first kappa shape index (κ1) is 27.9. The van der Waals surface area contributed by atoms with Crippen LogP contribution in [0.4, 0.5) is 17.1 Å². The summed E-state index contributed by atoms with van der Waals surface area (Å²) in [6, 6.07) is 44.5. The van der Waals surface area contributed by atoms with Gasteiger partial charge in [-0.3, -0.25) is 0 Å². The molecule has 5 aromatic rings. The number of anilines is 3. The molecule has 0 aliphatic heterocycles.